The monoisotopic (exact) mass is 690 g/mol. The van der Waals surface area contributed by atoms with E-state index in [2.05, 4.69) is 20.8 Å². The molecule has 12 heteroatoms. The maximum Gasteiger partial charge on any atom is 0.274 e. The molecule has 0 aromatic rings. The summed E-state index contributed by atoms with van der Waals surface area (Å²) in [5, 5.41) is 31.3. The second kappa shape index (κ2) is 28.8. The van der Waals surface area contributed by atoms with Crippen molar-refractivity contribution in [3.8, 4) is 0 Å². The van der Waals surface area contributed by atoms with Gasteiger partial charge in [-0.25, -0.2) is 0 Å². The average Bonchev–Trinajstić information content (AvgIpc) is 2.98. The van der Waals surface area contributed by atoms with Crippen LogP contribution < -0.4 is 15.3 Å². The fourth-order valence-electron chi connectivity index (χ4n) is 5.83. The lowest BCUT2D eigenvalue weighted by Crippen LogP contribution is -2.59. The summed E-state index contributed by atoms with van der Waals surface area (Å²) >= 11 is 0. The van der Waals surface area contributed by atoms with Gasteiger partial charge in [-0.1, -0.05) is 149 Å². The third-order valence-electron chi connectivity index (χ3n) is 8.66. The molecule has 0 heterocycles. The molecular weight excluding hydrogens is 626 g/mol. The highest BCUT2D eigenvalue weighted by Gasteiger charge is 2.47. The summed E-state index contributed by atoms with van der Waals surface area (Å²) in [6.45, 7) is 6.04. The van der Waals surface area contributed by atoms with E-state index in [9.17, 15) is 47.5 Å². The zero-order valence-corrected chi connectivity index (χ0v) is 30.5. The van der Waals surface area contributed by atoms with E-state index >= 15 is 0 Å². The molecule has 0 rings (SSSR count). The molecule has 0 bridgehead atoms. The second-order valence-electron chi connectivity index (χ2n) is 12.9. The Morgan fingerprint density at radius 3 is 1.26 bits per heavy atom. The molecule has 11 nitrogen and oxygen atoms in total. The molecule has 0 aliphatic carbocycles. The first-order valence-corrected chi connectivity index (χ1v) is 19.5. The predicted molar refractivity (Wildman–Crippen MR) is 178 cm³/mol. The van der Waals surface area contributed by atoms with Crippen LogP contribution in [-0.4, -0.2) is 60.5 Å². The number of carboxylic acids is 3. The van der Waals surface area contributed by atoms with Crippen LogP contribution in [0.15, 0.2) is 0 Å². The van der Waals surface area contributed by atoms with Crippen LogP contribution in [0.5, 0.6) is 0 Å². The van der Waals surface area contributed by atoms with Crippen LogP contribution in [0.25, 0.3) is 0 Å². The molecule has 0 spiro atoms. The lowest BCUT2D eigenvalue weighted by atomic mass is 9.74. The summed E-state index contributed by atoms with van der Waals surface area (Å²) in [7, 11) is -3.65. The van der Waals surface area contributed by atoms with E-state index in [0.29, 0.717) is 32.1 Å². The normalized spacial score (nSPS) is 12.2. The van der Waals surface area contributed by atoms with Crippen molar-refractivity contribution in [2.75, 3.05) is 13.6 Å². The summed E-state index contributed by atoms with van der Waals surface area (Å²) in [5.74, 6) is -5.15. The van der Waals surface area contributed by atoms with E-state index in [4.69, 9.17) is 0 Å². The summed E-state index contributed by atoms with van der Waals surface area (Å²) in [4.78, 5) is 46.5. The first-order valence-electron chi connectivity index (χ1n) is 18.0. The number of aliphatic carboxylic acids is 3. The fraction of sp³-hybridized carbons (Fsp3) is 0.886. The Balaban J connectivity index is 0. The summed E-state index contributed by atoms with van der Waals surface area (Å²) < 4.78 is 32.9. The van der Waals surface area contributed by atoms with Crippen molar-refractivity contribution in [1.82, 2.24) is 4.90 Å². The highest BCUT2D eigenvalue weighted by Crippen LogP contribution is 2.38. The molecule has 0 aliphatic rings. The van der Waals surface area contributed by atoms with Crippen molar-refractivity contribution in [2.45, 2.75) is 180 Å². The van der Waals surface area contributed by atoms with E-state index in [1.807, 2.05) is 0 Å². The van der Waals surface area contributed by atoms with Crippen molar-refractivity contribution in [3.63, 3.8) is 0 Å². The Morgan fingerprint density at radius 1 is 0.617 bits per heavy atom. The lowest BCUT2D eigenvalue weighted by Gasteiger charge is -2.40. The second-order valence-corrected chi connectivity index (χ2v) is 14.4. The van der Waals surface area contributed by atoms with E-state index in [0.717, 1.165) is 64.2 Å². The van der Waals surface area contributed by atoms with Crippen molar-refractivity contribution < 1.29 is 47.5 Å². The van der Waals surface area contributed by atoms with Crippen LogP contribution in [0, 0.1) is 5.41 Å². The number of carboxylic acid groups (broad SMARTS) is 3. The van der Waals surface area contributed by atoms with E-state index in [1.54, 1.807) is 0 Å². The SMILES string of the molecule is CCCCCCCCC(CCCCCCCC)(C(=O)[O-])C(C(=O)[O-])S(=O)(=O)O.CCCCCCCCCCCC(=O)N(C)CC(=O)[O-]. The zero-order valence-electron chi connectivity index (χ0n) is 29.7. The van der Waals surface area contributed by atoms with Crippen LogP contribution in [0.2, 0.25) is 0 Å². The van der Waals surface area contributed by atoms with Gasteiger partial charge in [0, 0.05) is 24.9 Å². The van der Waals surface area contributed by atoms with Crippen LogP contribution in [0.4, 0.5) is 0 Å². The topological polar surface area (TPSA) is 195 Å². The standard InChI is InChI=1S/C20H38O7S.C15H29NO3/c1-3-5-7-9-11-13-15-20(19(23)24,16-14-12-10-8-6-4-2)17(18(21)22)28(25,26)27;1-3-4-5-6-7-8-9-10-11-12-14(17)16(2)13-15(18)19/h17H,3-16H2,1-2H3,(H,21,22)(H,23,24)(H,25,26,27);3-13H2,1-2H3,(H,18,19)/p-3. The number of nitrogens with zero attached hydrogens (tertiary/aromatic N) is 1. The van der Waals surface area contributed by atoms with Gasteiger partial charge in [0.05, 0.1) is 18.5 Å². The number of carbonyl (C=O) groups is 4. The Hall–Kier alpha value is -2.21. The minimum absolute atomic E-state index is 0.104. The molecule has 0 aromatic carbocycles. The van der Waals surface area contributed by atoms with Gasteiger partial charge in [-0.2, -0.15) is 8.42 Å². The maximum atomic E-state index is 12.0. The molecule has 0 fully saturated rings. The minimum Gasteiger partial charge on any atom is -0.549 e. The number of carbonyl (C=O) groups excluding carboxylic acids is 4. The van der Waals surface area contributed by atoms with Gasteiger partial charge in [0.15, 0.2) is 0 Å². The number of hydrogen-bond donors (Lipinski definition) is 1. The quantitative estimate of drug-likeness (QED) is 0.0836. The molecule has 47 heavy (non-hydrogen) atoms. The van der Waals surface area contributed by atoms with Crippen molar-refractivity contribution in [3.05, 3.63) is 0 Å². The number of unbranched alkanes of at least 4 members (excludes halogenated alkanes) is 18. The maximum absolute atomic E-state index is 12.0. The Bertz CT molecular complexity index is 938. The first-order chi connectivity index (χ1) is 22.2. The molecule has 1 atom stereocenters. The van der Waals surface area contributed by atoms with Crippen LogP contribution >= 0.6 is 0 Å². The molecule has 0 saturated heterocycles. The van der Waals surface area contributed by atoms with Crippen molar-refractivity contribution >= 4 is 33.9 Å². The lowest BCUT2D eigenvalue weighted by molar-refractivity contribution is -0.328. The van der Waals surface area contributed by atoms with Gasteiger partial charge in [-0.3, -0.25) is 9.35 Å². The molecule has 278 valence electrons. The van der Waals surface area contributed by atoms with Gasteiger partial charge < -0.3 is 34.6 Å². The smallest absolute Gasteiger partial charge is 0.274 e. The average molecular weight is 691 g/mol. The van der Waals surface area contributed by atoms with Crippen molar-refractivity contribution in [2.24, 2.45) is 5.41 Å². The highest BCUT2D eigenvalue weighted by molar-refractivity contribution is 7.87. The number of amides is 1. The molecule has 1 N–H and O–H groups in total. The molecule has 0 radical (unpaired) electrons. The number of hydrogen-bond acceptors (Lipinski definition) is 9. The third kappa shape index (κ3) is 23.7. The molecular formula is C35H64NO10S-3. The van der Waals surface area contributed by atoms with Gasteiger partial charge in [-0.15, -0.1) is 0 Å². The van der Waals surface area contributed by atoms with Crippen LogP contribution in [0.1, 0.15) is 175 Å². The molecule has 0 aliphatic heterocycles. The Labute approximate surface area is 285 Å². The van der Waals surface area contributed by atoms with Gasteiger partial charge in [0.25, 0.3) is 10.1 Å². The van der Waals surface area contributed by atoms with E-state index < -0.39 is 38.7 Å². The van der Waals surface area contributed by atoms with Crippen LogP contribution in [0.3, 0.4) is 0 Å². The summed E-state index contributed by atoms with van der Waals surface area (Å²) in [6.07, 6.45) is 20.9. The van der Waals surface area contributed by atoms with Gasteiger partial charge >= 0.3 is 0 Å². The largest absolute Gasteiger partial charge is 0.549 e. The van der Waals surface area contributed by atoms with Gasteiger partial charge in [0.2, 0.25) is 5.91 Å². The molecule has 1 unspecified atom stereocenters. The molecule has 1 amide bonds. The van der Waals surface area contributed by atoms with Gasteiger partial charge in [-0.05, 0) is 19.3 Å². The number of likely N-dealkylation sites (N-methyl/N-ethyl adjacent to an activating group) is 1. The van der Waals surface area contributed by atoms with E-state index in [1.165, 1.54) is 56.9 Å². The number of rotatable bonds is 30. The molecule has 0 saturated carbocycles. The van der Waals surface area contributed by atoms with Crippen LogP contribution in [-0.2, 0) is 29.3 Å². The fourth-order valence-corrected chi connectivity index (χ4v) is 6.98. The summed E-state index contributed by atoms with van der Waals surface area (Å²) in [6, 6.07) is 0. The van der Waals surface area contributed by atoms with Crippen molar-refractivity contribution in [1.29, 1.82) is 0 Å². The predicted octanol–water partition coefficient (Wildman–Crippen LogP) is 4.35. The Kier molecular flexibility index (Phi) is 28.7. The zero-order chi connectivity index (χ0) is 36.1. The van der Waals surface area contributed by atoms with E-state index in [-0.39, 0.29) is 25.3 Å². The Morgan fingerprint density at radius 2 is 0.957 bits per heavy atom. The van der Waals surface area contributed by atoms with Gasteiger partial charge in [0.1, 0.15) is 5.25 Å². The summed E-state index contributed by atoms with van der Waals surface area (Å²) in [5.41, 5.74) is -2.18. The minimum atomic E-state index is -5.15. The highest BCUT2D eigenvalue weighted by atomic mass is 32.2. The molecule has 0 aromatic heterocycles. The third-order valence-corrected chi connectivity index (χ3v) is 9.90. The first kappa shape index (κ1) is 46.9.